The van der Waals surface area contributed by atoms with Gasteiger partial charge in [-0.05, 0) is 115 Å². The Bertz CT molecular complexity index is 1060. The van der Waals surface area contributed by atoms with Crippen LogP contribution in [0.2, 0.25) is 0 Å². The Labute approximate surface area is 253 Å². The van der Waals surface area contributed by atoms with Crippen LogP contribution >= 0.6 is 0 Å². The van der Waals surface area contributed by atoms with E-state index in [1.165, 1.54) is 85.8 Å². The molecule has 2 saturated carbocycles. The second-order valence-corrected chi connectivity index (χ2v) is 11.9. The summed E-state index contributed by atoms with van der Waals surface area (Å²) in [6.45, 7) is 23.1. The van der Waals surface area contributed by atoms with E-state index >= 15 is 0 Å². The lowest BCUT2D eigenvalue weighted by Gasteiger charge is -2.42. The van der Waals surface area contributed by atoms with Gasteiger partial charge in [0.2, 0.25) is 0 Å². The Kier molecular flexibility index (Phi) is 15.9. The van der Waals surface area contributed by atoms with E-state index in [1.54, 1.807) is 13.0 Å². The molecule has 0 radical (unpaired) electrons. The number of nitrogens with zero attached hydrogens (tertiary/aromatic N) is 2. The van der Waals surface area contributed by atoms with E-state index in [-0.39, 0.29) is 0 Å². The molecule has 4 aliphatic rings. The van der Waals surface area contributed by atoms with Gasteiger partial charge < -0.3 is 15.7 Å². The van der Waals surface area contributed by atoms with Crippen LogP contribution in [-0.2, 0) is 5.41 Å². The summed E-state index contributed by atoms with van der Waals surface area (Å²) in [6, 6.07) is 8.81. The van der Waals surface area contributed by atoms with Crippen LogP contribution in [0, 0.1) is 23.2 Å². The summed E-state index contributed by atoms with van der Waals surface area (Å²) in [5, 5.41) is 13.8. The van der Waals surface area contributed by atoms with Crippen molar-refractivity contribution in [2.45, 2.75) is 106 Å². The van der Waals surface area contributed by atoms with Gasteiger partial charge in [-0.3, -0.25) is 4.90 Å². The Morgan fingerprint density at radius 2 is 1.66 bits per heavy atom. The summed E-state index contributed by atoms with van der Waals surface area (Å²) in [7, 11) is 2.15. The zero-order valence-corrected chi connectivity index (χ0v) is 27.9. The number of nitrogens with one attached hydrogen (secondary N) is 2. The third kappa shape index (κ3) is 11.2. The molecule has 2 heterocycles. The maximum atomic E-state index is 7.69. The topological polar surface area (TPSA) is 54.2 Å². The number of hydrogen-bond acceptors (Lipinski definition) is 4. The van der Waals surface area contributed by atoms with Gasteiger partial charge in [0, 0.05) is 43.2 Å². The van der Waals surface area contributed by atoms with Crippen molar-refractivity contribution in [1.29, 1.82) is 10.8 Å². The van der Waals surface area contributed by atoms with Crippen LogP contribution in [0.4, 0.5) is 0 Å². The van der Waals surface area contributed by atoms with E-state index in [0.717, 1.165) is 24.1 Å². The molecule has 0 unspecified atom stereocenters. The third-order valence-electron chi connectivity index (χ3n) is 8.24. The Balaban J connectivity index is 0.000000331. The van der Waals surface area contributed by atoms with Gasteiger partial charge in [0.1, 0.15) is 0 Å². The van der Waals surface area contributed by atoms with E-state index in [9.17, 15) is 0 Å². The van der Waals surface area contributed by atoms with Crippen molar-refractivity contribution in [3.05, 3.63) is 83.2 Å². The Morgan fingerprint density at radius 3 is 2.07 bits per heavy atom. The fourth-order valence-electron chi connectivity index (χ4n) is 6.16. The van der Waals surface area contributed by atoms with Gasteiger partial charge in [0.25, 0.3) is 0 Å². The van der Waals surface area contributed by atoms with E-state index in [1.807, 2.05) is 27.7 Å². The number of benzene rings is 1. The van der Waals surface area contributed by atoms with Crippen LogP contribution in [0.3, 0.4) is 0 Å². The first-order valence-corrected chi connectivity index (χ1v) is 15.7. The van der Waals surface area contributed by atoms with Crippen molar-refractivity contribution in [3.8, 4) is 0 Å². The van der Waals surface area contributed by atoms with E-state index < -0.39 is 0 Å². The van der Waals surface area contributed by atoms with Gasteiger partial charge in [-0.25, -0.2) is 0 Å². The van der Waals surface area contributed by atoms with Crippen molar-refractivity contribution in [1.82, 2.24) is 9.80 Å². The second kappa shape index (κ2) is 18.0. The minimum Gasteiger partial charge on any atom is -0.351 e. The van der Waals surface area contributed by atoms with Gasteiger partial charge in [-0.1, -0.05) is 68.3 Å². The SMILES string of the molecule is C/C=C1/C(C)=CC(CN2CCC3(CC3)C2)=CN1C.C=CC.CC.CC(=N)CC1(c2cccc(C)c2)CCC1.CC=N. The average molecular weight is 561 g/mol. The maximum absolute atomic E-state index is 7.69. The van der Waals surface area contributed by atoms with Gasteiger partial charge in [0.05, 0.1) is 0 Å². The first kappa shape index (κ1) is 36.3. The van der Waals surface area contributed by atoms with Crippen molar-refractivity contribution < 1.29 is 0 Å². The molecule has 1 aromatic rings. The second-order valence-electron chi connectivity index (χ2n) is 11.9. The highest BCUT2D eigenvalue weighted by molar-refractivity contribution is 5.80. The number of likely N-dealkylation sites (N-methyl/N-ethyl adjacent to an activating group) is 1. The fourth-order valence-corrected chi connectivity index (χ4v) is 6.16. The largest absolute Gasteiger partial charge is 0.351 e. The zero-order chi connectivity index (χ0) is 31.1. The fraction of sp³-hybridized carbons (Fsp3) is 0.568. The molecule has 0 amide bonds. The highest BCUT2D eigenvalue weighted by Crippen LogP contribution is 2.52. The number of rotatable bonds is 5. The molecule has 0 atom stereocenters. The first-order valence-electron chi connectivity index (χ1n) is 15.7. The standard InChI is InChI=1S/C16H24N2.C14H19N.C3H6.C2H5N.C2H6/c1-4-15-13(2)9-14(10-17(15)3)11-18-8-7-16(12-18)5-6-16;1-11-5-3-6-13(9-11)14(7-4-8-14)10-12(2)15;1-3-2;1-2-3;1-2/h4,9-10H,5-8,11-12H2,1-3H3;3,5-6,9,15H,4,7-8,10H2,1-2H3;3H,1H2,2H3;2-3H,1H3;1-2H3/b15-4-;;;;. The molecule has 4 nitrogen and oxygen atoms in total. The summed E-state index contributed by atoms with van der Waals surface area (Å²) in [4.78, 5) is 4.89. The molecule has 2 N–H and O–H groups in total. The lowest BCUT2D eigenvalue weighted by atomic mass is 9.62. The normalized spacial score (nSPS) is 20.1. The van der Waals surface area contributed by atoms with Crippen molar-refractivity contribution in [2.24, 2.45) is 5.41 Å². The van der Waals surface area contributed by atoms with Crippen molar-refractivity contribution >= 4 is 11.9 Å². The summed E-state index contributed by atoms with van der Waals surface area (Å²) < 4.78 is 0. The van der Waals surface area contributed by atoms with Gasteiger partial charge >= 0.3 is 0 Å². The van der Waals surface area contributed by atoms with Crippen LogP contribution in [0.15, 0.2) is 72.1 Å². The van der Waals surface area contributed by atoms with Gasteiger partial charge in [-0.15, -0.1) is 6.58 Å². The smallest absolute Gasteiger partial charge is 0.0390 e. The molecule has 1 aromatic carbocycles. The molecule has 3 fully saturated rings. The number of aryl methyl sites for hydroxylation is 1. The summed E-state index contributed by atoms with van der Waals surface area (Å²) in [5.74, 6) is 0. The first-order chi connectivity index (χ1) is 19.6. The summed E-state index contributed by atoms with van der Waals surface area (Å²) in [6.07, 6.45) is 19.0. The Morgan fingerprint density at radius 1 is 1.05 bits per heavy atom. The van der Waals surface area contributed by atoms with Gasteiger partial charge in [0.15, 0.2) is 0 Å². The van der Waals surface area contributed by atoms with Crippen LogP contribution in [0.1, 0.15) is 105 Å². The quantitative estimate of drug-likeness (QED) is 0.278. The van der Waals surface area contributed by atoms with Crippen molar-refractivity contribution in [3.63, 3.8) is 0 Å². The maximum Gasteiger partial charge on any atom is 0.0390 e. The van der Waals surface area contributed by atoms with Gasteiger partial charge in [-0.2, -0.15) is 0 Å². The van der Waals surface area contributed by atoms with E-state index in [0.29, 0.717) is 5.41 Å². The van der Waals surface area contributed by atoms with E-state index in [2.05, 4.69) is 86.8 Å². The van der Waals surface area contributed by atoms with Crippen LogP contribution in [-0.4, -0.2) is 48.4 Å². The predicted molar refractivity (Wildman–Crippen MR) is 182 cm³/mol. The molecule has 2 aliphatic heterocycles. The number of hydrogen-bond donors (Lipinski definition) is 2. The molecule has 228 valence electrons. The molecule has 0 aromatic heterocycles. The molecule has 2 aliphatic carbocycles. The highest BCUT2D eigenvalue weighted by atomic mass is 15.2. The molecule has 4 heteroatoms. The minimum absolute atomic E-state index is 0.303. The molecule has 5 rings (SSSR count). The molecule has 1 saturated heterocycles. The lowest BCUT2D eigenvalue weighted by molar-refractivity contribution is 0.252. The van der Waals surface area contributed by atoms with E-state index in [4.69, 9.17) is 10.8 Å². The zero-order valence-electron chi connectivity index (χ0n) is 27.9. The molecule has 41 heavy (non-hydrogen) atoms. The molecular formula is C37H60N4. The molecular weight excluding hydrogens is 500 g/mol. The van der Waals surface area contributed by atoms with Crippen molar-refractivity contribution in [2.75, 3.05) is 26.7 Å². The highest BCUT2D eigenvalue weighted by Gasteiger charge is 2.47. The number of allylic oxidation sites excluding steroid dienone is 3. The van der Waals surface area contributed by atoms with Crippen LogP contribution < -0.4 is 0 Å². The molecule has 0 bridgehead atoms. The number of likely N-dealkylation sites (tertiary alicyclic amines) is 1. The lowest BCUT2D eigenvalue weighted by Crippen LogP contribution is -2.36. The predicted octanol–water partition coefficient (Wildman–Crippen LogP) is 9.87. The summed E-state index contributed by atoms with van der Waals surface area (Å²) in [5.41, 5.74) is 8.82. The average Bonchev–Trinajstić information content (AvgIpc) is 3.54. The summed E-state index contributed by atoms with van der Waals surface area (Å²) >= 11 is 0. The minimum atomic E-state index is 0.303. The monoisotopic (exact) mass is 560 g/mol. The Hall–Kier alpha value is -2.72. The van der Waals surface area contributed by atoms with Crippen LogP contribution in [0.25, 0.3) is 0 Å². The molecule has 1 spiro atoms. The third-order valence-corrected chi connectivity index (χ3v) is 8.24. The van der Waals surface area contributed by atoms with Crippen LogP contribution in [0.5, 0.6) is 0 Å².